The van der Waals surface area contributed by atoms with E-state index < -0.39 is 0 Å². The van der Waals surface area contributed by atoms with Gasteiger partial charge < -0.3 is 14.5 Å². The summed E-state index contributed by atoms with van der Waals surface area (Å²) >= 11 is 1.39. The molecule has 3 heterocycles. The Hall–Kier alpha value is -1.73. The smallest absolute Gasteiger partial charge is 0.348 e. The van der Waals surface area contributed by atoms with Crippen LogP contribution in [0.25, 0.3) is 10.2 Å². The Kier molecular flexibility index (Phi) is 4.73. The van der Waals surface area contributed by atoms with E-state index in [0.29, 0.717) is 10.9 Å². The van der Waals surface area contributed by atoms with E-state index in [1.165, 1.54) is 18.4 Å². The monoisotopic (exact) mass is 348 g/mol. The number of aryl methyl sites for hydroxylation is 2. The number of nitrogens with zero attached hydrogens (tertiary/aromatic N) is 4. The lowest BCUT2D eigenvalue weighted by Gasteiger charge is -2.24. The minimum atomic E-state index is -0.302. The summed E-state index contributed by atoms with van der Waals surface area (Å²) in [6.45, 7) is 9.02. The topological polar surface area (TPSA) is 58.6 Å². The number of carbonyl (C=O) groups excluding carboxylic acids is 1. The van der Waals surface area contributed by atoms with Crippen LogP contribution in [0.3, 0.4) is 0 Å². The maximum absolute atomic E-state index is 12.0. The number of thiophene rings is 1. The van der Waals surface area contributed by atoms with E-state index in [4.69, 9.17) is 9.72 Å². The van der Waals surface area contributed by atoms with Crippen molar-refractivity contribution >= 4 is 33.3 Å². The van der Waals surface area contributed by atoms with Gasteiger partial charge in [-0.3, -0.25) is 0 Å². The molecular weight excluding hydrogens is 324 g/mol. The van der Waals surface area contributed by atoms with Crippen LogP contribution in [0.5, 0.6) is 0 Å². The molecule has 0 saturated carbocycles. The summed E-state index contributed by atoms with van der Waals surface area (Å²) in [7, 11) is 3.58. The molecule has 1 aliphatic rings. The molecule has 1 fully saturated rings. The number of carbonyl (C=O) groups is 1. The molecule has 0 radical (unpaired) electrons. The minimum Gasteiger partial charge on any atom is -0.465 e. The first kappa shape index (κ1) is 17.1. The third kappa shape index (κ3) is 2.86. The van der Waals surface area contributed by atoms with Gasteiger partial charge in [-0.1, -0.05) is 6.92 Å². The number of hydrogen-bond acceptors (Lipinski definition) is 7. The predicted molar refractivity (Wildman–Crippen MR) is 97.2 cm³/mol. The van der Waals surface area contributed by atoms with Gasteiger partial charge >= 0.3 is 5.97 Å². The molecule has 0 spiro atoms. The number of ether oxygens (including phenoxy) is 1. The Morgan fingerprint density at radius 2 is 2.17 bits per heavy atom. The third-order valence-electron chi connectivity index (χ3n) is 4.84. The SMILES string of the molecule is CCN(C)C1CCN(c2nc(C)nc3sc(C(=O)OC)c(C)c23)C1. The van der Waals surface area contributed by atoms with Gasteiger partial charge in [-0.15, -0.1) is 11.3 Å². The molecule has 1 atom stereocenters. The summed E-state index contributed by atoms with van der Waals surface area (Å²) in [5.74, 6) is 1.39. The molecule has 0 amide bonds. The molecule has 0 N–H and O–H groups in total. The van der Waals surface area contributed by atoms with Crippen molar-refractivity contribution in [3.8, 4) is 0 Å². The van der Waals surface area contributed by atoms with Crippen molar-refractivity contribution < 1.29 is 9.53 Å². The number of anilines is 1. The number of rotatable bonds is 4. The first-order valence-corrected chi connectivity index (χ1v) is 9.09. The zero-order chi connectivity index (χ0) is 17.4. The van der Waals surface area contributed by atoms with Gasteiger partial charge in [0.25, 0.3) is 0 Å². The van der Waals surface area contributed by atoms with Crippen molar-refractivity contribution in [3.05, 3.63) is 16.3 Å². The van der Waals surface area contributed by atoms with E-state index in [1.807, 2.05) is 13.8 Å². The number of esters is 1. The van der Waals surface area contributed by atoms with Crippen LogP contribution >= 0.6 is 11.3 Å². The lowest BCUT2D eigenvalue weighted by molar-refractivity contribution is 0.0605. The van der Waals surface area contributed by atoms with Crippen LogP contribution in [-0.2, 0) is 4.74 Å². The number of aromatic nitrogens is 2. The molecule has 1 aliphatic heterocycles. The van der Waals surface area contributed by atoms with Crippen LogP contribution in [0.15, 0.2) is 0 Å². The summed E-state index contributed by atoms with van der Waals surface area (Å²) in [5.41, 5.74) is 0.921. The van der Waals surface area contributed by atoms with Crippen LogP contribution in [0.4, 0.5) is 5.82 Å². The summed E-state index contributed by atoms with van der Waals surface area (Å²) in [6, 6.07) is 0.541. The second kappa shape index (κ2) is 6.64. The Morgan fingerprint density at radius 3 is 2.83 bits per heavy atom. The predicted octanol–water partition coefficient (Wildman–Crippen LogP) is 2.63. The quantitative estimate of drug-likeness (QED) is 0.792. The van der Waals surface area contributed by atoms with E-state index in [-0.39, 0.29) is 5.97 Å². The number of likely N-dealkylation sites (N-methyl/N-ethyl adjacent to an activating group) is 1. The second-order valence-corrected chi connectivity index (χ2v) is 7.28. The van der Waals surface area contributed by atoms with E-state index in [9.17, 15) is 4.79 Å². The van der Waals surface area contributed by atoms with Crippen LogP contribution in [0.1, 0.15) is 34.4 Å². The highest BCUT2D eigenvalue weighted by Crippen LogP contribution is 2.37. The van der Waals surface area contributed by atoms with Crippen LogP contribution < -0.4 is 4.90 Å². The van der Waals surface area contributed by atoms with Crippen LogP contribution in [0.2, 0.25) is 0 Å². The van der Waals surface area contributed by atoms with E-state index in [0.717, 1.165) is 53.5 Å². The molecule has 1 saturated heterocycles. The maximum Gasteiger partial charge on any atom is 0.348 e. The lowest BCUT2D eigenvalue weighted by Crippen LogP contribution is -2.34. The van der Waals surface area contributed by atoms with Crippen LogP contribution in [0, 0.1) is 13.8 Å². The maximum atomic E-state index is 12.0. The fraction of sp³-hybridized carbons (Fsp3) is 0.588. The van der Waals surface area contributed by atoms with Crippen molar-refractivity contribution in [1.29, 1.82) is 0 Å². The Balaban J connectivity index is 2.05. The Morgan fingerprint density at radius 1 is 1.42 bits per heavy atom. The zero-order valence-corrected chi connectivity index (χ0v) is 15.7. The molecule has 0 aliphatic carbocycles. The molecule has 0 aromatic carbocycles. The molecule has 6 nitrogen and oxygen atoms in total. The lowest BCUT2D eigenvalue weighted by atomic mass is 10.2. The van der Waals surface area contributed by atoms with Crippen molar-refractivity contribution in [2.24, 2.45) is 0 Å². The summed E-state index contributed by atoms with van der Waals surface area (Å²) in [5, 5.41) is 0.991. The Bertz CT molecular complexity index is 774. The fourth-order valence-corrected chi connectivity index (χ4v) is 4.43. The average molecular weight is 348 g/mol. The number of fused-ring (bicyclic) bond motifs is 1. The molecule has 1 unspecified atom stereocenters. The number of methoxy groups -OCH3 is 1. The molecule has 7 heteroatoms. The van der Waals surface area contributed by atoms with Crippen molar-refractivity contribution in [2.45, 2.75) is 33.2 Å². The molecule has 0 bridgehead atoms. The number of hydrogen-bond donors (Lipinski definition) is 0. The normalized spacial score (nSPS) is 17.9. The molecule has 130 valence electrons. The molecule has 3 rings (SSSR count). The summed E-state index contributed by atoms with van der Waals surface area (Å²) in [6.07, 6.45) is 1.13. The first-order chi connectivity index (χ1) is 11.5. The van der Waals surface area contributed by atoms with Gasteiger partial charge in [0, 0.05) is 19.1 Å². The van der Waals surface area contributed by atoms with Gasteiger partial charge in [-0.25, -0.2) is 14.8 Å². The third-order valence-corrected chi connectivity index (χ3v) is 6.00. The second-order valence-electron chi connectivity index (χ2n) is 6.28. The fourth-order valence-electron chi connectivity index (χ4n) is 3.29. The van der Waals surface area contributed by atoms with Crippen molar-refractivity contribution in [3.63, 3.8) is 0 Å². The van der Waals surface area contributed by atoms with Crippen LogP contribution in [-0.4, -0.2) is 60.7 Å². The first-order valence-electron chi connectivity index (χ1n) is 8.27. The molecular formula is C17H24N4O2S. The van der Waals surface area contributed by atoms with Gasteiger partial charge in [-0.2, -0.15) is 0 Å². The molecule has 24 heavy (non-hydrogen) atoms. The van der Waals surface area contributed by atoms with Gasteiger partial charge in [0.2, 0.25) is 0 Å². The largest absolute Gasteiger partial charge is 0.465 e. The van der Waals surface area contributed by atoms with Crippen molar-refractivity contribution in [1.82, 2.24) is 14.9 Å². The summed E-state index contributed by atoms with van der Waals surface area (Å²) < 4.78 is 4.91. The van der Waals surface area contributed by atoms with Gasteiger partial charge in [0.05, 0.1) is 12.5 Å². The van der Waals surface area contributed by atoms with Gasteiger partial charge in [0.1, 0.15) is 21.3 Å². The molecule has 2 aromatic rings. The average Bonchev–Trinajstić information content (AvgIpc) is 3.18. The van der Waals surface area contributed by atoms with Crippen molar-refractivity contribution in [2.75, 3.05) is 38.7 Å². The van der Waals surface area contributed by atoms with Gasteiger partial charge in [-0.05, 0) is 39.4 Å². The highest BCUT2D eigenvalue weighted by Gasteiger charge is 2.29. The van der Waals surface area contributed by atoms with E-state index in [2.05, 4.69) is 28.8 Å². The highest BCUT2D eigenvalue weighted by atomic mass is 32.1. The summed E-state index contributed by atoms with van der Waals surface area (Å²) in [4.78, 5) is 27.5. The highest BCUT2D eigenvalue weighted by molar-refractivity contribution is 7.20. The van der Waals surface area contributed by atoms with E-state index >= 15 is 0 Å². The van der Waals surface area contributed by atoms with E-state index in [1.54, 1.807) is 0 Å². The minimum absolute atomic E-state index is 0.302. The van der Waals surface area contributed by atoms with Gasteiger partial charge in [0.15, 0.2) is 0 Å². The zero-order valence-electron chi connectivity index (χ0n) is 14.9. The Labute approximate surface area is 146 Å². The molecule has 2 aromatic heterocycles. The standard InChI is InChI=1S/C17H24N4O2S/c1-6-20(4)12-7-8-21(9-12)15-13-10(2)14(17(22)23-5)24-16(13)19-11(3)18-15/h12H,6-9H2,1-5H3.